The maximum absolute atomic E-state index is 10.3. The molecule has 2 nitrogen and oxygen atoms in total. The van der Waals surface area contributed by atoms with Crippen molar-refractivity contribution in [3.8, 4) is 0 Å². The van der Waals surface area contributed by atoms with Crippen molar-refractivity contribution in [1.82, 2.24) is 0 Å². The van der Waals surface area contributed by atoms with Crippen molar-refractivity contribution in [3.05, 3.63) is 0 Å². The van der Waals surface area contributed by atoms with Crippen LogP contribution in [0.5, 0.6) is 0 Å². The van der Waals surface area contributed by atoms with E-state index in [1.54, 1.807) is 0 Å². The second-order valence-corrected chi connectivity index (χ2v) is 4.18. The summed E-state index contributed by atoms with van der Waals surface area (Å²) in [5, 5.41) is 0. The summed E-state index contributed by atoms with van der Waals surface area (Å²) in [7, 11) is 0. The highest BCUT2D eigenvalue weighted by molar-refractivity contribution is 9.09. The molecule has 0 fully saturated rings. The molecule has 0 amide bonds. The molecule has 0 heterocycles. The molecule has 1 unspecified atom stereocenters. The molecular weight excluding hydrogens is 208 g/mol. The molecule has 0 aliphatic heterocycles. The van der Waals surface area contributed by atoms with Crippen LogP contribution >= 0.6 is 15.9 Å². The van der Waals surface area contributed by atoms with Crippen LogP contribution in [0, 0.1) is 0 Å². The summed E-state index contributed by atoms with van der Waals surface area (Å²) in [6.07, 6.45) is 3.22. The molecule has 0 radical (unpaired) electrons. The van der Waals surface area contributed by atoms with Crippen molar-refractivity contribution in [2.24, 2.45) is 0 Å². The molecule has 0 N–H and O–H groups in total. The molecule has 0 rings (SSSR count). The van der Waals surface area contributed by atoms with E-state index in [1.165, 1.54) is 6.92 Å². The van der Waals surface area contributed by atoms with Crippen molar-refractivity contribution < 1.29 is 9.53 Å². The van der Waals surface area contributed by atoms with Crippen LogP contribution in [0.2, 0.25) is 0 Å². The van der Waals surface area contributed by atoms with Gasteiger partial charge in [-0.2, -0.15) is 0 Å². The number of rotatable bonds is 5. The topological polar surface area (TPSA) is 26.3 Å². The van der Waals surface area contributed by atoms with Crippen molar-refractivity contribution in [2.45, 2.75) is 37.9 Å². The quantitative estimate of drug-likeness (QED) is 0.406. The fourth-order valence-electron chi connectivity index (χ4n) is 0.744. The Morgan fingerprint density at radius 1 is 1.55 bits per heavy atom. The number of esters is 1. The first-order valence-corrected chi connectivity index (χ1v) is 4.82. The lowest BCUT2D eigenvalue weighted by Gasteiger charge is -2.02. The fraction of sp³-hybridized carbons (Fsp3) is 0.875. The molecule has 0 aromatic heterocycles. The SMILES string of the molecule is CC(=O)OCCCCC(C)Br. The van der Waals surface area contributed by atoms with Gasteiger partial charge in [-0.25, -0.2) is 0 Å². The molecule has 0 bridgehead atoms. The van der Waals surface area contributed by atoms with Gasteiger partial charge in [0.2, 0.25) is 0 Å². The minimum absolute atomic E-state index is 0.183. The predicted molar refractivity (Wildman–Crippen MR) is 48.9 cm³/mol. The molecule has 0 spiro atoms. The first-order chi connectivity index (χ1) is 5.13. The van der Waals surface area contributed by atoms with Gasteiger partial charge in [0.15, 0.2) is 0 Å². The molecule has 0 aliphatic rings. The molecule has 11 heavy (non-hydrogen) atoms. The van der Waals surface area contributed by atoms with Gasteiger partial charge in [-0.1, -0.05) is 22.9 Å². The number of halogens is 1. The van der Waals surface area contributed by atoms with E-state index < -0.39 is 0 Å². The van der Waals surface area contributed by atoms with Gasteiger partial charge in [-0.05, 0) is 19.3 Å². The largest absolute Gasteiger partial charge is 0.466 e. The summed E-state index contributed by atoms with van der Waals surface area (Å²) in [6.45, 7) is 4.12. The van der Waals surface area contributed by atoms with Crippen molar-refractivity contribution in [3.63, 3.8) is 0 Å². The lowest BCUT2D eigenvalue weighted by atomic mass is 10.2. The highest BCUT2D eigenvalue weighted by atomic mass is 79.9. The zero-order valence-electron chi connectivity index (χ0n) is 7.10. The lowest BCUT2D eigenvalue weighted by Crippen LogP contribution is -2.01. The number of ether oxygens (including phenoxy) is 1. The summed E-state index contributed by atoms with van der Waals surface area (Å²) < 4.78 is 4.77. The van der Waals surface area contributed by atoms with Crippen LogP contribution < -0.4 is 0 Å². The second kappa shape index (κ2) is 6.65. The van der Waals surface area contributed by atoms with Crippen molar-refractivity contribution >= 4 is 21.9 Å². The van der Waals surface area contributed by atoms with E-state index in [2.05, 4.69) is 22.9 Å². The molecule has 0 saturated heterocycles. The highest BCUT2D eigenvalue weighted by Gasteiger charge is 1.96. The number of carbonyl (C=O) groups excluding carboxylic acids is 1. The number of unbranched alkanes of at least 4 members (excludes halogenated alkanes) is 1. The molecule has 0 saturated carbocycles. The summed E-state index contributed by atoms with van der Waals surface area (Å²) in [4.78, 5) is 10.9. The maximum atomic E-state index is 10.3. The van der Waals surface area contributed by atoms with Crippen LogP contribution in [0.1, 0.15) is 33.1 Å². The van der Waals surface area contributed by atoms with Crippen LogP contribution in [-0.2, 0) is 9.53 Å². The zero-order chi connectivity index (χ0) is 8.69. The Morgan fingerprint density at radius 3 is 2.64 bits per heavy atom. The minimum Gasteiger partial charge on any atom is -0.466 e. The van der Waals surface area contributed by atoms with Gasteiger partial charge in [0.25, 0.3) is 0 Å². The summed E-state index contributed by atoms with van der Waals surface area (Å²) in [6, 6.07) is 0. The third-order valence-corrected chi connectivity index (χ3v) is 1.76. The monoisotopic (exact) mass is 222 g/mol. The normalized spacial score (nSPS) is 12.6. The van der Waals surface area contributed by atoms with Crippen LogP contribution in [0.25, 0.3) is 0 Å². The van der Waals surface area contributed by atoms with Crippen LogP contribution in [-0.4, -0.2) is 17.4 Å². The Kier molecular flexibility index (Phi) is 6.62. The smallest absolute Gasteiger partial charge is 0.302 e. The molecule has 0 aromatic rings. The maximum Gasteiger partial charge on any atom is 0.302 e. The third kappa shape index (κ3) is 9.95. The van der Waals surface area contributed by atoms with Gasteiger partial charge in [-0.3, -0.25) is 4.79 Å². The van der Waals surface area contributed by atoms with Crippen LogP contribution in [0.3, 0.4) is 0 Å². The minimum atomic E-state index is -0.183. The predicted octanol–water partition coefficient (Wildman–Crippen LogP) is 2.50. The fourth-order valence-corrected chi connectivity index (χ4v) is 1.07. The van der Waals surface area contributed by atoms with E-state index in [0.717, 1.165) is 19.3 Å². The van der Waals surface area contributed by atoms with E-state index in [0.29, 0.717) is 11.4 Å². The van der Waals surface area contributed by atoms with Crippen molar-refractivity contribution in [2.75, 3.05) is 6.61 Å². The van der Waals surface area contributed by atoms with Gasteiger partial charge in [0, 0.05) is 11.8 Å². The van der Waals surface area contributed by atoms with E-state index in [4.69, 9.17) is 4.74 Å². The molecule has 0 aromatic carbocycles. The van der Waals surface area contributed by atoms with E-state index in [-0.39, 0.29) is 5.97 Å². The Morgan fingerprint density at radius 2 is 2.18 bits per heavy atom. The Hall–Kier alpha value is -0.0500. The third-order valence-electron chi connectivity index (χ3n) is 1.30. The van der Waals surface area contributed by atoms with Crippen molar-refractivity contribution in [1.29, 1.82) is 0 Å². The van der Waals surface area contributed by atoms with Gasteiger partial charge < -0.3 is 4.74 Å². The summed E-state index contributed by atoms with van der Waals surface area (Å²) in [5.74, 6) is -0.183. The molecule has 1 atom stereocenters. The number of hydrogen-bond acceptors (Lipinski definition) is 2. The Labute approximate surface area is 76.4 Å². The first-order valence-electron chi connectivity index (χ1n) is 3.90. The van der Waals surface area contributed by atoms with E-state index in [9.17, 15) is 4.79 Å². The van der Waals surface area contributed by atoms with Crippen LogP contribution in [0.15, 0.2) is 0 Å². The molecule has 0 aliphatic carbocycles. The van der Waals surface area contributed by atoms with Gasteiger partial charge in [0.1, 0.15) is 0 Å². The standard InChI is InChI=1S/C8H15BrO2/c1-7(9)5-3-4-6-11-8(2)10/h7H,3-6H2,1-2H3. The summed E-state index contributed by atoms with van der Waals surface area (Å²) >= 11 is 3.45. The first kappa shape index (κ1) is 11.0. The van der Waals surface area contributed by atoms with Gasteiger partial charge >= 0.3 is 5.97 Å². The summed E-state index contributed by atoms with van der Waals surface area (Å²) in [5.41, 5.74) is 0. The molecular formula is C8H15BrO2. The Bertz CT molecular complexity index is 113. The number of hydrogen-bond donors (Lipinski definition) is 0. The average molecular weight is 223 g/mol. The second-order valence-electron chi connectivity index (χ2n) is 2.62. The number of carbonyl (C=O) groups is 1. The average Bonchev–Trinajstić information content (AvgIpc) is 1.85. The Balaban J connectivity index is 2.97. The molecule has 66 valence electrons. The van der Waals surface area contributed by atoms with Gasteiger partial charge in [0.05, 0.1) is 6.61 Å². The van der Waals surface area contributed by atoms with Crippen LogP contribution in [0.4, 0.5) is 0 Å². The zero-order valence-corrected chi connectivity index (χ0v) is 8.69. The van der Waals surface area contributed by atoms with E-state index >= 15 is 0 Å². The highest BCUT2D eigenvalue weighted by Crippen LogP contribution is 2.08. The molecule has 3 heteroatoms. The number of alkyl halides is 1. The van der Waals surface area contributed by atoms with E-state index in [1.807, 2.05) is 0 Å². The van der Waals surface area contributed by atoms with Gasteiger partial charge in [-0.15, -0.1) is 0 Å². The lowest BCUT2D eigenvalue weighted by molar-refractivity contribution is -0.141.